The maximum absolute atomic E-state index is 10.9. The zero-order valence-electron chi connectivity index (χ0n) is 13.6. The van der Waals surface area contributed by atoms with Gasteiger partial charge in [0, 0.05) is 25.2 Å². The third kappa shape index (κ3) is 4.81. The number of rotatable bonds is 6. The van der Waals surface area contributed by atoms with Gasteiger partial charge in [-0.15, -0.1) is 0 Å². The van der Waals surface area contributed by atoms with E-state index < -0.39 is 0 Å². The molecule has 0 saturated heterocycles. The van der Waals surface area contributed by atoms with E-state index >= 15 is 0 Å². The van der Waals surface area contributed by atoms with E-state index in [-0.39, 0.29) is 0 Å². The Morgan fingerprint density at radius 2 is 1.85 bits per heavy atom. The Hall–Kier alpha value is -1.05. The number of nitrogens with zero attached hydrogens (tertiary/aromatic N) is 1. The van der Waals surface area contributed by atoms with E-state index in [9.17, 15) is 4.79 Å². The van der Waals surface area contributed by atoms with Crippen LogP contribution in [0, 0.1) is 0 Å². The van der Waals surface area contributed by atoms with Crippen LogP contribution in [0.3, 0.4) is 0 Å². The predicted octanol–water partition coefficient (Wildman–Crippen LogP) is 4.86. The van der Waals surface area contributed by atoms with Gasteiger partial charge in [0.1, 0.15) is 5.78 Å². The van der Waals surface area contributed by atoms with Crippen LogP contribution in [0.1, 0.15) is 72.1 Å². The molecule has 1 heterocycles. The minimum atomic E-state index is 0.317. The van der Waals surface area contributed by atoms with Crippen molar-refractivity contribution in [3.8, 4) is 0 Å². The maximum atomic E-state index is 10.9. The fraction of sp³-hybridized carbons (Fsp3) is 0.722. The normalized spacial score (nSPS) is 17.8. The highest BCUT2D eigenvalue weighted by atomic mass is 16.1. The molecule has 0 bridgehead atoms. The molecule has 0 atom stereocenters. The van der Waals surface area contributed by atoms with Gasteiger partial charge < -0.3 is 9.69 Å². The number of allylic oxidation sites excluding steroid dienone is 1. The van der Waals surface area contributed by atoms with Crippen LogP contribution in [-0.4, -0.2) is 23.8 Å². The lowest BCUT2D eigenvalue weighted by molar-refractivity contribution is -0.117. The molecular weight excluding hydrogens is 246 g/mol. The van der Waals surface area contributed by atoms with E-state index in [1.807, 2.05) is 13.8 Å². The number of carbonyl (C=O) groups excluding carboxylic acids is 1. The molecular formula is C18H31NO. The first-order valence-corrected chi connectivity index (χ1v) is 8.33. The van der Waals surface area contributed by atoms with Gasteiger partial charge in [0.25, 0.3) is 0 Å². The second-order valence-electron chi connectivity index (χ2n) is 5.67. The highest BCUT2D eigenvalue weighted by Crippen LogP contribution is 2.36. The van der Waals surface area contributed by atoms with Crippen molar-refractivity contribution in [2.75, 3.05) is 13.1 Å². The molecule has 0 aromatic heterocycles. The molecule has 2 heteroatoms. The monoisotopic (exact) mass is 277 g/mol. The second-order valence-corrected chi connectivity index (χ2v) is 5.67. The van der Waals surface area contributed by atoms with Gasteiger partial charge in [-0.3, -0.25) is 0 Å². The van der Waals surface area contributed by atoms with Gasteiger partial charge in [-0.2, -0.15) is 0 Å². The molecule has 0 aromatic rings. The Morgan fingerprint density at radius 3 is 2.50 bits per heavy atom. The van der Waals surface area contributed by atoms with Gasteiger partial charge in [-0.1, -0.05) is 26.8 Å². The fourth-order valence-electron chi connectivity index (χ4n) is 3.07. The molecule has 1 aliphatic heterocycles. The standard InChI is InChI=1S/C16H25NO.C2H6/c1-13(18)8-4-3-7-11-17-12-15-9-5-6-10-16(15)14(17)2;1-2/h2-12H2,1H3;1-2H3. The summed E-state index contributed by atoms with van der Waals surface area (Å²) in [4.78, 5) is 13.3. The molecule has 0 unspecified atom stereocenters. The van der Waals surface area contributed by atoms with Crippen LogP contribution in [0.25, 0.3) is 0 Å². The summed E-state index contributed by atoms with van der Waals surface area (Å²) < 4.78 is 0. The number of ketones is 1. The van der Waals surface area contributed by atoms with Crippen LogP contribution in [0.4, 0.5) is 0 Å². The lowest BCUT2D eigenvalue weighted by atomic mass is 9.93. The summed E-state index contributed by atoms with van der Waals surface area (Å²) in [5.41, 5.74) is 4.50. The Labute approximate surface area is 124 Å². The first-order valence-electron chi connectivity index (χ1n) is 8.33. The maximum Gasteiger partial charge on any atom is 0.129 e. The number of hydrogen-bond donors (Lipinski definition) is 0. The van der Waals surface area contributed by atoms with Gasteiger partial charge >= 0.3 is 0 Å². The molecule has 2 rings (SSSR count). The summed E-state index contributed by atoms with van der Waals surface area (Å²) in [5.74, 6) is 0.317. The minimum absolute atomic E-state index is 0.317. The lowest BCUT2D eigenvalue weighted by Crippen LogP contribution is -2.20. The van der Waals surface area contributed by atoms with E-state index in [0.29, 0.717) is 5.78 Å². The van der Waals surface area contributed by atoms with Gasteiger partial charge in [-0.05, 0) is 56.6 Å². The van der Waals surface area contributed by atoms with Crippen molar-refractivity contribution >= 4 is 5.78 Å². The first-order chi connectivity index (χ1) is 9.68. The van der Waals surface area contributed by atoms with E-state index in [1.54, 1.807) is 18.1 Å². The summed E-state index contributed by atoms with van der Waals surface area (Å²) in [6.45, 7) is 12.2. The van der Waals surface area contributed by atoms with Crippen molar-refractivity contribution in [2.45, 2.75) is 72.1 Å². The number of hydrogen-bond acceptors (Lipinski definition) is 2. The second kappa shape index (κ2) is 8.99. The largest absolute Gasteiger partial charge is 0.368 e. The van der Waals surface area contributed by atoms with Crippen LogP contribution >= 0.6 is 0 Å². The quantitative estimate of drug-likeness (QED) is 0.646. The summed E-state index contributed by atoms with van der Waals surface area (Å²) >= 11 is 0. The summed E-state index contributed by atoms with van der Waals surface area (Å²) in [6.07, 6.45) is 9.37. The fourth-order valence-corrected chi connectivity index (χ4v) is 3.07. The molecule has 2 nitrogen and oxygen atoms in total. The van der Waals surface area contributed by atoms with E-state index in [0.717, 1.165) is 32.4 Å². The van der Waals surface area contributed by atoms with E-state index in [4.69, 9.17) is 0 Å². The molecule has 0 N–H and O–H groups in total. The molecule has 0 aromatic carbocycles. The molecule has 2 aliphatic rings. The van der Waals surface area contributed by atoms with Crippen molar-refractivity contribution in [2.24, 2.45) is 0 Å². The van der Waals surface area contributed by atoms with Crippen molar-refractivity contribution in [1.82, 2.24) is 4.90 Å². The molecule has 0 fully saturated rings. The van der Waals surface area contributed by atoms with Crippen LogP contribution in [0.5, 0.6) is 0 Å². The summed E-state index contributed by atoms with van der Waals surface area (Å²) in [6, 6.07) is 0. The summed E-state index contributed by atoms with van der Waals surface area (Å²) in [5, 5.41) is 0. The summed E-state index contributed by atoms with van der Waals surface area (Å²) in [7, 11) is 0. The number of Topliss-reactive ketones (excluding diaryl/α,β-unsaturated/α-hetero) is 1. The van der Waals surface area contributed by atoms with Gasteiger partial charge in [0.05, 0.1) is 0 Å². The lowest BCUT2D eigenvalue weighted by Gasteiger charge is -2.20. The zero-order chi connectivity index (χ0) is 15.0. The molecule has 0 spiro atoms. The topological polar surface area (TPSA) is 20.3 Å². The molecule has 0 saturated carbocycles. The van der Waals surface area contributed by atoms with Gasteiger partial charge in [0.15, 0.2) is 0 Å². The van der Waals surface area contributed by atoms with Crippen LogP contribution in [0.15, 0.2) is 23.4 Å². The Kier molecular flexibility index (Phi) is 7.64. The highest BCUT2D eigenvalue weighted by Gasteiger charge is 2.26. The third-order valence-corrected chi connectivity index (χ3v) is 4.15. The van der Waals surface area contributed by atoms with E-state index in [1.165, 1.54) is 37.8 Å². The average molecular weight is 277 g/mol. The minimum Gasteiger partial charge on any atom is -0.368 e. The van der Waals surface area contributed by atoms with Crippen LogP contribution < -0.4 is 0 Å². The van der Waals surface area contributed by atoms with Gasteiger partial charge in [0.2, 0.25) is 0 Å². The SMILES string of the molecule is C=C1C2=C(CCCC2)CN1CCCCCC(C)=O.CC. The van der Waals surface area contributed by atoms with Crippen LogP contribution in [0.2, 0.25) is 0 Å². The Bertz CT molecular complexity index is 368. The predicted molar refractivity (Wildman–Crippen MR) is 86.7 cm³/mol. The third-order valence-electron chi connectivity index (χ3n) is 4.15. The van der Waals surface area contributed by atoms with E-state index in [2.05, 4.69) is 11.5 Å². The van der Waals surface area contributed by atoms with Crippen LogP contribution in [-0.2, 0) is 4.79 Å². The van der Waals surface area contributed by atoms with Crippen molar-refractivity contribution in [1.29, 1.82) is 0 Å². The molecule has 20 heavy (non-hydrogen) atoms. The highest BCUT2D eigenvalue weighted by molar-refractivity contribution is 5.75. The average Bonchev–Trinajstić information content (AvgIpc) is 2.78. The number of unbranched alkanes of at least 4 members (excludes halogenated alkanes) is 2. The first kappa shape index (κ1) is 17.0. The smallest absolute Gasteiger partial charge is 0.129 e. The molecule has 0 amide bonds. The Morgan fingerprint density at radius 1 is 1.15 bits per heavy atom. The number of carbonyl (C=O) groups is 1. The Balaban J connectivity index is 0.000000956. The molecule has 1 aliphatic carbocycles. The van der Waals surface area contributed by atoms with Gasteiger partial charge in [-0.25, -0.2) is 0 Å². The molecule has 114 valence electrons. The van der Waals surface area contributed by atoms with Crippen molar-refractivity contribution in [3.63, 3.8) is 0 Å². The van der Waals surface area contributed by atoms with Crippen molar-refractivity contribution in [3.05, 3.63) is 23.4 Å². The zero-order valence-corrected chi connectivity index (χ0v) is 13.6. The molecule has 0 radical (unpaired) electrons. The van der Waals surface area contributed by atoms with Crippen molar-refractivity contribution < 1.29 is 4.79 Å².